The van der Waals surface area contributed by atoms with Crippen LogP contribution in [0.25, 0.3) is 0 Å². The molecular formula is C10H11F2N3. The van der Waals surface area contributed by atoms with E-state index in [1.54, 1.807) is 6.92 Å². The van der Waals surface area contributed by atoms with Crippen molar-refractivity contribution in [1.29, 1.82) is 5.26 Å². The third-order valence-electron chi connectivity index (χ3n) is 2.03. The highest BCUT2D eigenvalue weighted by atomic mass is 19.3. The van der Waals surface area contributed by atoms with E-state index in [1.165, 1.54) is 6.07 Å². The van der Waals surface area contributed by atoms with Gasteiger partial charge in [0.05, 0.1) is 18.2 Å². The number of rotatable bonds is 3. The van der Waals surface area contributed by atoms with Gasteiger partial charge in [0.1, 0.15) is 0 Å². The summed E-state index contributed by atoms with van der Waals surface area (Å²) < 4.78 is 25.5. The van der Waals surface area contributed by atoms with Crippen molar-refractivity contribution in [2.75, 3.05) is 0 Å². The van der Waals surface area contributed by atoms with E-state index in [9.17, 15) is 8.78 Å². The number of hydrogen-bond acceptors (Lipinski definition) is 3. The molecule has 1 aromatic heterocycles. The molecule has 0 aliphatic rings. The van der Waals surface area contributed by atoms with Crippen molar-refractivity contribution in [1.82, 2.24) is 4.98 Å². The number of aromatic nitrogens is 1. The Kier molecular flexibility index (Phi) is 3.69. The minimum atomic E-state index is -2.64. The van der Waals surface area contributed by atoms with Crippen molar-refractivity contribution in [3.8, 4) is 6.07 Å². The monoisotopic (exact) mass is 211 g/mol. The third kappa shape index (κ3) is 2.48. The molecule has 1 heterocycles. The van der Waals surface area contributed by atoms with E-state index in [-0.39, 0.29) is 24.2 Å². The molecule has 0 aliphatic carbocycles. The molecular weight excluding hydrogens is 200 g/mol. The molecule has 0 bridgehead atoms. The Morgan fingerprint density at radius 3 is 2.73 bits per heavy atom. The Morgan fingerprint density at radius 2 is 2.27 bits per heavy atom. The first-order valence-corrected chi connectivity index (χ1v) is 4.44. The molecule has 80 valence electrons. The normalized spacial score (nSPS) is 10.4. The van der Waals surface area contributed by atoms with Crippen LogP contribution in [0, 0.1) is 18.3 Å². The van der Waals surface area contributed by atoms with Gasteiger partial charge in [-0.2, -0.15) is 5.26 Å². The second kappa shape index (κ2) is 4.80. The maximum Gasteiger partial charge on any atom is 0.265 e. The number of hydrogen-bond donors (Lipinski definition) is 1. The van der Waals surface area contributed by atoms with Gasteiger partial charge < -0.3 is 5.73 Å². The molecule has 0 aliphatic heterocycles. The number of nitrogens with two attached hydrogens (primary N) is 1. The fourth-order valence-electron chi connectivity index (χ4n) is 1.47. The van der Waals surface area contributed by atoms with Crippen LogP contribution in [0.5, 0.6) is 0 Å². The van der Waals surface area contributed by atoms with E-state index in [4.69, 9.17) is 11.0 Å². The molecule has 3 nitrogen and oxygen atoms in total. The van der Waals surface area contributed by atoms with E-state index in [0.717, 1.165) is 0 Å². The zero-order chi connectivity index (χ0) is 11.4. The van der Waals surface area contributed by atoms with Gasteiger partial charge in [-0.25, -0.2) is 8.78 Å². The number of nitriles is 1. The standard InChI is InChI=1S/C10H11F2N3/c1-6-4-7(2-3-13)9(10(11)12)8(5-14)15-6/h4,10H,2,5,14H2,1H3. The minimum Gasteiger partial charge on any atom is -0.325 e. The Hall–Kier alpha value is -1.54. The van der Waals surface area contributed by atoms with Gasteiger partial charge in [-0.15, -0.1) is 0 Å². The van der Waals surface area contributed by atoms with Crippen LogP contribution in [0.1, 0.15) is 28.9 Å². The van der Waals surface area contributed by atoms with Crippen LogP contribution in [0.15, 0.2) is 6.07 Å². The first-order chi connectivity index (χ1) is 7.10. The van der Waals surface area contributed by atoms with Crippen LogP contribution >= 0.6 is 0 Å². The molecule has 0 spiro atoms. The summed E-state index contributed by atoms with van der Waals surface area (Å²) in [4.78, 5) is 3.94. The van der Waals surface area contributed by atoms with Crippen LogP contribution in [0.2, 0.25) is 0 Å². The molecule has 1 aromatic rings. The lowest BCUT2D eigenvalue weighted by Crippen LogP contribution is -2.09. The number of alkyl halides is 2. The summed E-state index contributed by atoms with van der Waals surface area (Å²) in [5.74, 6) is 0. The van der Waals surface area contributed by atoms with Gasteiger partial charge in [-0.1, -0.05) is 0 Å². The zero-order valence-corrected chi connectivity index (χ0v) is 8.30. The molecule has 0 amide bonds. The summed E-state index contributed by atoms with van der Waals surface area (Å²) in [6.45, 7) is 1.65. The molecule has 0 saturated carbocycles. The predicted octanol–water partition coefficient (Wildman–Crippen LogP) is 1.85. The average molecular weight is 211 g/mol. The third-order valence-corrected chi connectivity index (χ3v) is 2.03. The number of pyridine rings is 1. The molecule has 0 atom stereocenters. The lowest BCUT2D eigenvalue weighted by Gasteiger charge is -2.11. The quantitative estimate of drug-likeness (QED) is 0.829. The molecule has 0 aromatic carbocycles. The Bertz CT molecular complexity index is 396. The highest BCUT2D eigenvalue weighted by Gasteiger charge is 2.18. The smallest absolute Gasteiger partial charge is 0.265 e. The maximum absolute atomic E-state index is 12.7. The van der Waals surface area contributed by atoms with Gasteiger partial charge in [-0.05, 0) is 18.6 Å². The van der Waals surface area contributed by atoms with Gasteiger partial charge >= 0.3 is 0 Å². The molecule has 5 heteroatoms. The molecule has 0 unspecified atom stereocenters. The Morgan fingerprint density at radius 1 is 1.60 bits per heavy atom. The summed E-state index contributed by atoms with van der Waals surface area (Å²) in [6, 6.07) is 3.36. The zero-order valence-electron chi connectivity index (χ0n) is 8.30. The van der Waals surface area contributed by atoms with Gasteiger partial charge in [0.25, 0.3) is 6.43 Å². The van der Waals surface area contributed by atoms with Crippen LogP contribution in [0.4, 0.5) is 8.78 Å². The highest BCUT2D eigenvalue weighted by Crippen LogP contribution is 2.26. The van der Waals surface area contributed by atoms with Crippen molar-refractivity contribution < 1.29 is 8.78 Å². The number of halogens is 2. The minimum absolute atomic E-state index is 0.0419. The largest absolute Gasteiger partial charge is 0.325 e. The first-order valence-electron chi connectivity index (χ1n) is 4.44. The summed E-state index contributed by atoms with van der Waals surface area (Å²) in [6.07, 6.45) is -2.68. The second-order valence-electron chi connectivity index (χ2n) is 3.12. The van der Waals surface area contributed by atoms with Crippen LogP contribution in [-0.4, -0.2) is 4.98 Å². The van der Waals surface area contributed by atoms with E-state index in [2.05, 4.69) is 4.98 Å². The van der Waals surface area contributed by atoms with Crippen LogP contribution in [-0.2, 0) is 13.0 Å². The topological polar surface area (TPSA) is 62.7 Å². The van der Waals surface area contributed by atoms with E-state index in [1.807, 2.05) is 6.07 Å². The van der Waals surface area contributed by atoms with Crippen molar-refractivity contribution in [2.24, 2.45) is 5.73 Å². The van der Waals surface area contributed by atoms with Gasteiger partial charge in [-0.3, -0.25) is 4.98 Å². The Balaban J connectivity index is 3.34. The van der Waals surface area contributed by atoms with E-state index >= 15 is 0 Å². The SMILES string of the molecule is Cc1cc(CC#N)c(C(F)F)c(CN)n1. The van der Waals surface area contributed by atoms with E-state index in [0.29, 0.717) is 11.3 Å². The predicted molar refractivity (Wildman–Crippen MR) is 51.1 cm³/mol. The van der Waals surface area contributed by atoms with Gasteiger partial charge in [0, 0.05) is 17.8 Å². The van der Waals surface area contributed by atoms with Crippen LogP contribution in [0.3, 0.4) is 0 Å². The molecule has 0 fully saturated rings. The highest BCUT2D eigenvalue weighted by molar-refractivity contribution is 5.35. The fraction of sp³-hybridized carbons (Fsp3) is 0.400. The first kappa shape index (κ1) is 11.5. The van der Waals surface area contributed by atoms with Gasteiger partial charge in [0.2, 0.25) is 0 Å². The summed E-state index contributed by atoms with van der Waals surface area (Å²) >= 11 is 0. The number of nitrogens with zero attached hydrogens (tertiary/aromatic N) is 2. The van der Waals surface area contributed by atoms with E-state index < -0.39 is 6.43 Å². The molecule has 2 N–H and O–H groups in total. The van der Waals surface area contributed by atoms with Crippen molar-refractivity contribution >= 4 is 0 Å². The summed E-state index contributed by atoms with van der Waals surface area (Å²) in [7, 11) is 0. The number of aryl methyl sites for hydroxylation is 1. The summed E-state index contributed by atoms with van der Waals surface area (Å²) in [5, 5.41) is 8.53. The molecule has 0 radical (unpaired) electrons. The average Bonchev–Trinajstić information content (AvgIpc) is 2.16. The molecule has 0 saturated heterocycles. The second-order valence-corrected chi connectivity index (χ2v) is 3.12. The van der Waals surface area contributed by atoms with Crippen LogP contribution < -0.4 is 5.73 Å². The van der Waals surface area contributed by atoms with Crippen molar-refractivity contribution in [3.63, 3.8) is 0 Å². The fourth-order valence-corrected chi connectivity index (χ4v) is 1.47. The summed E-state index contributed by atoms with van der Waals surface area (Å²) in [5.41, 5.74) is 6.25. The molecule has 15 heavy (non-hydrogen) atoms. The lowest BCUT2D eigenvalue weighted by molar-refractivity contribution is 0.148. The van der Waals surface area contributed by atoms with Crippen molar-refractivity contribution in [2.45, 2.75) is 26.3 Å². The maximum atomic E-state index is 12.7. The van der Waals surface area contributed by atoms with Crippen molar-refractivity contribution in [3.05, 3.63) is 28.6 Å². The molecule has 1 rings (SSSR count). The lowest BCUT2D eigenvalue weighted by atomic mass is 10.0. The Labute approximate surface area is 86.5 Å². The van der Waals surface area contributed by atoms with Gasteiger partial charge in [0.15, 0.2) is 0 Å².